The first-order chi connectivity index (χ1) is 24.0. The second-order valence-corrected chi connectivity index (χ2v) is 18.2. The minimum absolute atomic E-state index is 0. The Morgan fingerprint density at radius 2 is 1.04 bits per heavy atom. The van der Waals surface area contributed by atoms with Gasteiger partial charge in [0.1, 0.15) is 0 Å². The van der Waals surface area contributed by atoms with Gasteiger partial charge in [0.05, 0.1) is 25.0 Å². The number of carbonyl (C=O) groups is 2. The molecule has 4 fully saturated rings. The maximum absolute atomic E-state index is 11.6. The summed E-state index contributed by atoms with van der Waals surface area (Å²) in [5.41, 5.74) is 9.01. The van der Waals surface area contributed by atoms with Crippen molar-refractivity contribution >= 4 is 11.9 Å². The highest BCUT2D eigenvalue weighted by molar-refractivity contribution is 5.72. The van der Waals surface area contributed by atoms with Crippen LogP contribution in [-0.4, -0.2) is 48.6 Å². The third-order valence-electron chi connectivity index (χ3n) is 13.9. The van der Waals surface area contributed by atoms with Gasteiger partial charge >= 0.3 is 11.9 Å². The van der Waals surface area contributed by atoms with E-state index in [0.29, 0.717) is 61.9 Å². The van der Waals surface area contributed by atoms with Gasteiger partial charge in [0.25, 0.3) is 0 Å². The molecule has 0 aromatic heterocycles. The third-order valence-corrected chi connectivity index (χ3v) is 13.9. The van der Waals surface area contributed by atoms with Gasteiger partial charge in [-0.25, -0.2) is 0 Å². The van der Waals surface area contributed by atoms with Crippen LogP contribution in [0.4, 0.5) is 0 Å². The molecule has 0 aromatic rings. The summed E-state index contributed by atoms with van der Waals surface area (Å²) in [6.07, 6.45) is 9.92. The average molecular weight is 741 g/mol. The molecule has 0 radical (unpaired) electrons. The van der Waals surface area contributed by atoms with Crippen molar-refractivity contribution in [3.63, 3.8) is 0 Å². The lowest BCUT2D eigenvalue weighted by atomic mass is 9.55. The van der Waals surface area contributed by atoms with Gasteiger partial charge in [-0.1, -0.05) is 128 Å². The van der Waals surface area contributed by atoms with E-state index in [1.54, 1.807) is 0 Å². The van der Waals surface area contributed by atoms with Gasteiger partial charge in [0, 0.05) is 19.1 Å². The van der Waals surface area contributed by atoms with Crippen molar-refractivity contribution in [2.75, 3.05) is 26.4 Å². The summed E-state index contributed by atoms with van der Waals surface area (Å²) < 4.78 is 10.7. The molecule has 0 heterocycles. The molecule has 2 N–H and O–H groups in total. The van der Waals surface area contributed by atoms with Crippen LogP contribution in [0.3, 0.4) is 0 Å². The van der Waals surface area contributed by atoms with Crippen LogP contribution in [0, 0.1) is 69.0 Å². The Morgan fingerprint density at radius 3 is 1.30 bits per heavy atom. The van der Waals surface area contributed by atoms with Crippen LogP contribution in [-0.2, 0) is 19.1 Å². The smallest absolute Gasteiger partial charge is 0.308 e. The molecule has 4 aliphatic carbocycles. The summed E-state index contributed by atoms with van der Waals surface area (Å²) in [6.45, 7) is 42.1. The minimum Gasteiger partial charge on any atom is -0.465 e. The van der Waals surface area contributed by atoms with Crippen molar-refractivity contribution in [1.82, 2.24) is 0 Å². The summed E-state index contributed by atoms with van der Waals surface area (Å²) in [4.78, 5) is 23.1. The van der Waals surface area contributed by atoms with Crippen molar-refractivity contribution in [2.45, 2.75) is 129 Å². The molecule has 53 heavy (non-hydrogen) atoms. The first-order valence-electron chi connectivity index (χ1n) is 19.7. The lowest BCUT2D eigenvalue weighted by Crippen LogP contribution is -2.46. The van der Waals surface area contributed by atoms with Crippen LogP contribution in [0.5, 0.6) is 0 Å². The largest absolute Gasteiger partial charge is 0.465 e. The molecule has 4 rings (SSSR count). The first-order valence-corrected chi connectivity index (χ1v) is 19.7. The second kappa shape index (κ2) is 21.5. The summed E-state index contributed by atoms with van der Waals surface area (Å²) in [5.74, 6) is 2.85. The molecule has 0 aliphatic heterocycles. The molecule has 0 bridgehead atoms. The average Bonchev–Trinajstić information content (AvgIpc) is 3.11. The predicted octanol–water partition coefficient (Wildman–Crippen LogP) is 11.0. The molecule has 4 aliphatic rings. The van der Waals surface area contributed by atoms with Gasteiger partial charge in [-0.05, 0) is 102 Å². The zero-order chi connectivity index (χ0) is 40.2. The predicted molar refractivity (Wildman–Crippen MR) is 222 cm³/mol. The summed E-state index contributed by atoms with van der Waals surface area (Å²) in [7, 11) is 0. The SMILES string of the molecule is C.C=C1CC(CO)C1(C)C.C=C1CC(COC(=O)C(C)CC)C1(C)C.C=C=CC1CC(CO)C1(C)C.C=C=CC1CC(COC(=O)C(C)CC)C1(C)C. The van der Waals surface area contributed by atoms with Crippen LogP contribution in [0.2, 0.25) is 0 Å². The highest BCUT2D eigenvalue weighted by atomic mass is 16.5. The molecule has 0 spiro atoms. The standard InChI is InChI=1S/C15H24O2.C13H22O2.C10H16O.C8H14O.CH4/c1-6-8-12-9-13(15(12,4)5)10-17-14(16)11(3)7-2;1-6-9(2)12(14)15-8-11-7-10(3)13(11,4)5;1-4-5-8-6-9(7-11)10(8,2)3;1-6-4-7(5-9)8(6,2)3;/h8,11-13H,1,7,9-10H2,2-5H3;9,11H,3,6-8H2,1-2,4-5H3;5,8-9,11H,1,6-7H2,2-3H3;7,9H,1,4-5H2,2-3H3;1H4. The van der Waals surface area contributed by atoms with Crippen molar-refractivity contribution in [3.8, 4) is 0 Å². The Bertz CT molecular complexity index is 1300. The normalized spacial score (nSPS) is 28.5. The van der Waals surface area contributed by atoms with Crippen molar-refractivity contribution in [3.05, 3.63) is 61.1 Å². The van der Waals surface area contributed by atoms with Crippen LogP contribution in [0.25, 0.3) is 0 Å². The van der Waals surface area contributed by atoms with E-state index in [2.05, 4.69) is 93.2 Å². The van der Waals surface area contributed by atoms with E-state index in [9.17, 15) is 9.59 Å². The molecule has 6 nitrogen and oxygen atoms in total. The summed E-state index contributed by atoms with van der Waals surface area (Å²) in [6, 6.07) is 0. The van der Waals surface area contributed by atoms with E-state index >= 15 is 0 Å². The van der Waals surface area contributed by atoms with Gasteiger partial charge in [0.2, 0.25) is 0 Å². The third kappa shape index (κ3) is 12.7. The Balaban J connectivity index is 0.000000693. The van der Waals surface area contributed by atoms with E-state index in [0.717, 1.165) is 38.5 Å². The maximum Gasteiger partial charge on any atom is 0.308 e. The Morgan fingerprint density at radius 1 is 0.698 bits per heavy atom. The number of hydrogen-bond acceptors (Lipinski definition) is 6. The van der Waals surface area contributed by atoms with Crippen LogP contribution in [0.1, 0.15) is 129 Å². The molecule has 8 atom stereocenters. The molecule has 6 heteroatoms. The van der Waals surface area contributed by atoms with Gasteiger partial charge < -0.3 is 19.7 Å². The molecule has 0 amide bonds. The Labute approximate surface area is 326 Å². The van der Waals surface area contributed by atoms with Crippen molar-refractivity contribution < 1.29 is 29.3 Å². The Kier molecular flexibility index (Phi) is 20.4. The zero-order valence-corrected chi connectivity index (χ0v) is 35.2. The Hall–Kier alpha value is -2.62. The van der Waals surface area contributed by atoms with E-state index in [-0.39, 0.29) is 52.9 Å². The number of carbonyl (C=O) groups excluding carboxylic acids is 2. The lowest BCUT2D eigenvalue weighted by Gasteiger charge is -2.50. The van der Waals surface area contributed by atoms with Crippen LogP contribution < -0.4 is 0 Å². The molecule has 4 saturated carbocycles. The van der Waals surface area contributed by atoms with E-state index < -0.39 is 0 Å². The minimum atomic E-state index is -0.0641. The highest BCUT2D eigenvalue weighted by Gasteiger charge is 2.48. The van der Waals surface area contributed by atoms with Gasteiger partial charge in [0.15, 0.2) is 0 Å². The van der Waals surface area contributed by atoms with E-state index in [4.69, 9.17) is 19.7 Å². The fourth-order valence-electron chi connectivity index (χ4n) is 7.05. The van der Waals surface area contributed by atoms with E-state index in [1.807, 2.05) is 39.8 Å². The fourth-order valence-corrected chi connectivity index (χ4v) is 7.05. The van der Waals surface area contributed by atoms with Crippen molar-refractivity contribution in [1.29, 1.82) is 0 Å². The molecular weight excluding hydrogens is 661 g/mol. The van der Waals surface area contributed by atoms with Gasteiger partial charge in [-0.2, -0.15) is 0 Å². The number of ether oxygens (including phenoxy) is 2. The molecule has 0 saturated heterocycles. The lowest BCUT2D eigenvalue weighted by molar-refractivity contribution is -0.155. The maximum atomic E-state index is 11.6. The number of esters is 2. The molecular formula is C47H80O6. The monoisotopic (exact) mass is 741 g/mol. The number of aliphatic hydroxyl groups is 2. The number of aliphatic hydroxyl groups excluding tert-OH is 2. The number of allylic oxidation sites excluding steroid dienone is 4. The second-order valence-electron chi connectivity index (χ2n) is 18.2. The molecule has 8 unspecified atom stereocenters. The summed E-state index contributed by atoms with van der Waals surface area (Å²) in [5, 5.41) is 17.8. The van der Waals surface area contributed by atoms with Gasteiger partial charge in [-0.3, -0.25) is 9.59 Å². The molecule has 304 valence electrons. The highest BCUT2D eigenvalue weighted by Crippen LogP contribution is 2.53. The van der Waals surface area contributed by atoms with Gasteiger partial charge in [-0.15, -0.1) is 11.5 Å². The van der Waals surface area contributed by atoms with Crippen LogP contribution in [0.15, 0.2) is 61.1 Å². The fraction of sp³-hybridized carbons (Fsp3) is 0.745. The first kappa shape index (κ1) is 50.4. The zero-order valence-electron chi connectivity index (χ0n) is 35.2. The topological polar surface area (TPSA) is 93.1 Å². The quantitative estimate of drug-likeness (QED) is 0.118. The summed E-state index contributed by atoms with van der Waals surface area (Å²) >= 11 is 0. The van der Waals surface area contributed by atoms with Crippen molar-refractivity contribution in [2.24, 2.45) is 69.0 Å². The van der Waals surface area contributed by atoms with E-state index in [1.165, 1.54) is 11.1 Å². The number of rotatable bonds is 12. The van der Waals surface area contributed by atoms with Crippen LogP contribution >= 0.6 is 0 Å². The molecule has 0 aromatic carbocycles. The number of hydrogen-bond donors (Lipinski definition) is 2.